The van der Waals surface area contributed by atoms with Crippen LogP contribution < -0.4 is 11.1 Å². The molecule has 1 aliphatic rings. The summed E-state index contributed by atoms with van der Waals surface area (Å²) in [5.41, 5.74) is 5.89. The van der Waals surface area contributed by atoms with E-state index in [0.29, 0.717) is 12.0 Å². The molecule has 3 N–H and O–H groups in total. The molecule has 0 spiro atoms. The molecule has 0 aliphatic heterocycles. The average molecular weight is 226 g/mol. The fraction of sp³-hybridized carbons (Fsp3) is 0.923. The molecule has 3 atom stereocenters. The van der Waals surface area contributed by atoms with E-state index in [2.05, 4.69) is 26.1 Å². The third kappa shape index (κ3) is 3.78. The van der Waals surface area contributed by atoms with E-state index in [-0.39, 0.29) is 17.2 Å². The molecule has 1 amide bonds. The second-order valence-corrected chi connectivity index (χ2v) is 6.27. The quantitative estimate of drug-likeness (QED) is 0.772. The molecule has 1 fully saturated rings. The summed E-state index contributed by atoms with van der Waals surface area (Å²) in [4.78, 5) is 11.9. The van der Waals surface area contributed by atoms with Gasteiger partial charge in [0.2, 0.25) is 5.91 Å². The van der Waals surface area contributed by atoms with Crippen molar-refractivity contribution in [3.63, 3.8) is 0 Å². The summed E-state index contributed by atoms with van der Waals surface area (Å²) < 4.78 is 0. The molecule has 1 unspecified atom stereocenters. The standard InChI is InChI=1S/C13H26N2O/c1-9(13(2,3)4)12(16)15-8-10-5-6-11(14)7-10/h9-11H,5-8,14H2,1-4H3,(H,15,16)/t9?,10-,11+/m1/s1. The van der Waals surface area contributed by atoms with E-state index in [0.717, 1.165) is 25.8 Å². The molecule has 94 valence electrons. The minimum Gasteiger partial charge on any atom is -0.356 e. The summed E-state index contributed by atoms with van der Waals surface area (Å²) in [6.45, 7) is 9.09. The van der Waals surface area contributed by atoms with Crippen LogP contribution in [0.25, 0.3) is 0 Å². The highest BCUT2D eigenvalue weighted by molar-refractivity contribution is 5.78. The number of nitrogens with one attached hydrogen (secondary N) is 1. The monoisotopic (exact) mass is 226 g/mol. The highest BCUT2D eigenvalue weighted by atomic mass is 16.1. The van der Waals surface area contributed by atoms with Gasteiger partial charge in [0, 0.05) is 18.5 Å². The van der Waals surface area contributed by atoms with Gasteiger partial charge in [0.1, 0.15) is 0 Å². The van der Waals surface area contributed by atoms with Crippen LogP contribution >= 0.6 is 0 Å². The topological polar surface area (TPSA) is 55.1 Å². The van der Waals surface area contributed by atoms with E-state index in [4.69, 9.17) is 5.73 Å². The lowest BCUT2D eigenvalue weighted by atomic mass is 9.81. The number of hydrogen-bond acceptors (Lipinski definition) is 2. The molecule has 0 aromatic carbocycles. The van der Waals surface area contributed by atoms with Gasteiger partial charge in [-0.05, 0) is 30.6 Å². The minimum atomic E-state index is 0.0379. The zero-order chi connectivity index (χ0) is 12.3. The van der Waals surface area contributed by atoms with Crippen molar-refractivity contribution in [2.45, 2.75) is 53.0 Å². The minimum absolute atomic E-state index is 0.0379. The summed E-state index contributed by atoms with van der Waals surface area (Å²) in [5.74, 6) is 0.821. The van der Waals surface area contributed by atoms with Gasteiger partial charge in [-0.15, -0.1) is 0 Å². The molecule has 1 rings (SSSR count). The van der Waals surface area contributed by atoms with Crippen molar-refractivity contribution >= 4 is 5.91 Å². The third-order valence-electron chi connectivity index (χ3n) is 3.84. The molecule has 0 radical (unpaired) electrons. The molecule has 0 saturated heterocycles. The highest BCUT2D eigenvalue weighted by Gasteiger charge is 2.28. The Morgan fingerprint density at radius 1 is 1.44 bits per heavy atom. The molecule has 1 aliphatic carbocycles. The van der Waals surface area contributed by atoms with Crippen molar-refractivity contribution < 1.29 is 4.79 Å². The third-order valence-corrected chi connectivity index (χ3v) is 3.84. The molecule has 1 saturated carbocycles. The van der Waals surface area contributed by atoms with E-state index in [1.165, 1.54) is 0 Å². The van der Waals surface area contributed by atoms with E-state index in [9.17, 15) is 4.79 Å². The molecular weight excluding hydrogens is 200 g/mol. The number of rotatable bonds is 3. The summed E-state index contributed by atoms with van der Waals surface area (Å²) >= 11 is 0. The van der Waals surface area contributed by atoms with Gasteiger partial charge in [-0.1, -0.05) is 27.7 Å². The predicted octanol–water partition coefficient (Wildman–Crippen LogP) is 1.91. The van der Waals surface area contributed by atoms with Crippen LogP contribution in [0.1, 0.15) is 47.0 Å². The summed E-state index contributed by atoms with van der Waals surface area (Å²) in [6.07, 6.45) is 3.32. The molecule has 16 heavy (non-hydrogen) atoms. The van der Waals surface area contributed by atoms with E-state index in [1.807, 2.05) is 6.92 Å². The first-order valence-electron chi connectivity index (χ1n) is 6.34. The lowest BCUT2D eigenvalue weighted by Gasteiger charge is -2.26. The first-order chi connectivity index (χ1) is 7.30. The van der Waals surface area contributed by atoms with Crippen molar-refractivity contribution in [1.29, 1.82) is 0 Å². The summed E-state index contributed by atoms with van der Waals surface area (Å²) in [5, 5.41) is 3.06. The Bertz CT molecular complexity index is 245. The maximum atomic E-state index is 11.9. The zero-order valence-electron chi connectivity index (χ0n) is 11.0. The first kappa shape index (κ1) is 13.5. The van der Waals surface area contributed by atoms with Crippen LogP contribution in [-0.4, -0.2) is 18.5 Å². The van der Waals surface area contributed by atoms with Crippen molar-refractivity contribution in [2.75, 3.05) is 6.54 Å². The van der Waals surface area contributed by atoms with Crippen LogP contribution in [0.4, 0.5) is 0 Å². The molecule has 0 bridgehead atoms. The van der Waals surface area contributed by atoms with Crippen molar-refractivity contribution in [3.05, 3.63) is 0 Å². The van der Waals surface area contributed by atoms with E-state index < -0.39 is 0 Å². The molecule has 0 aromatic rings. The van der Waals surface area contributed by atoms with Gasteiger partial charge in [-0.2, -0.15) is 0 Å². The van der Waals surface area contributed by atoms with Gasteiger partial charge in [0.05, 0.1) is 0 Å². The Balaban J connectivity index is 2.30. The Morgan fingerprint density at radius 3 is 2.50 bits per heavy atom. The smallest absolute Gasteiger partial charge is 0.223 e. The van der Waals surface area contributed by atoms with Crippen LogP contribution in [0.15, 0.2) is 0 Å². The largest absolute Gasteiger partial charge is 0.356 e. The van der Waals surface area contributed by atoms with Crippen LogP contribution in [0.3, 0.4) is 0 Å². The molecular formula is C13H26N2O. The average Bonchev–Trinajstić information content (AvgIpc) is 2.58. The summed E-state index contributed by atoms with van der Waals surface area (Å²) in [6, 6.07) is 0.349. The molecule has 0 aromatic heterocycles. The lowest BCUT2D eigenvalue weighted by Crippen LogP contribution is -2.38. The van der Waals surface area contributed by atoms with Gasteiger partial charge in [0.25, 0.3) is 0 Å². The van der Waals surface area contributed by atoms with Gasteiger partial charge >= 0.3 is 0 Å². The second-order valence-electron chi connectivity index (χ2n) is 6.27. The Hall–Kier alpha value is -0.570. The van der Waals surface area contributed by atoms with Crippen molar-refractivity contribution in [1.82, 2.24) is 5.32 Å². The number of carbonyl (C=O) groups is 1. The van der Waals surface area contributed by atoms with E-state index in [1.54, 1.807) is 0 Å². The molecule has 0 heterocycles. The van der Waals surface area contributed by atoms with Crippen molar-refractivity contribution in [3.8, 4) is 0 Å². The van der Waals surface area contributed by atoms with Gasteiger partial charge in [0.15, 0.2) is 0 Å². The van der Waals surface area contributed by atoms with Gasteiger partial charge in [-0.25, -0.2) is 0 Å². The normalized spacial score (nSPS) is 27.8. The van der Waals surface area contributed by atoms with Crippen LogP contribution in [-0.2, 0) is 4.79 Å². The maximum absolute atomic E-state index is 11.9. The van der Waals surface area contributed by atoms with Crippen LogP contribution in [0, 0.1) is 17.3 Å². The fourth-order valence-corrected chi connectivity index (χ4v) is 2.09. The second kappa shape index (κ2) is 5.17. The zero-order valence-corrected chi connectivity index (χ0v) is 11.0. The SMILES string of the molecule is CC(C(=O)NC[C@@H]1CC[C@H](N)C1)C(C)(C)C. The van der Waals surface area contributed by atoms with Crippen LogP contribution in [0.5, 0.6) is 0 Å². The Labute approximate surface area is 99.2 Å². The van der Waals surface area contributed by atoms with E-state index >= 15 is 0 Å². The number of carbonyl (C=O) groups excluding carboxylic acids is 1. The van der Waals surface area contributed by atoms with Crippen LogP contribution in [0.2, 0.25) is 0 Å². The highest BCUT2D eigenvalue weighted by Crippen LogP contribution is 2.26. The van der Waals surface area contributed by atoms with Gasteiger partial charge < -0.3 is 11.1 Å². The Kier molecular flexibility index (Phi) is 4.36. The fourth-order valence-electron chi connectivity index (χ4n) is 2.09. The number of hydrogen-bond donors (Lipinski definition) is 2. The van der Waals surface area contributed by atoms with Crippen molar-refractivity contribution in [2.24, 2.45) is 23.0 Å². The first-order valence-corrected chi connectivity index (χ1v) is 6.34. The molecule has 3 nitrogen and oxygen atoms in total. The Morgan fingerprint density at radius 2 is 2.06 bits per heavy atom. The lowest BCUT2D eigenvalue weighted by molar-refractivity contribution is -0.127. The maximum Gasteiger partial charge on any atom is 0.223 e. The summed E-state index contributed by atoms with van der Waals surface area (Å²) in [7, 11) is 0. The molecule has 3 heteroatoms. The van der Waals surface area contributed by atoms with Gasteiger partial charge in [-0.3, -0.25) is 4.79 Å². The number of amides is 1. The predicted molar refractivity (Wildman–Crippen MR) is 66.9 cm³/mol. The number of nitrogens with two attached hydrogens (primary N) is 1.